The molecule has 0 aliphatic heterocycles. The lowest BCUT2D eigenvalue weighted by Crippen LogP contribution is -2.12. The summed E-state index contributed by atoms with van der Waals surface area (Å²) < 4.78 is 6.16. The van der Waals surface area contributed by atoms with Gasteiger partial charge in [-0.1, -0.05) is 96.5 Å². The van der Waals surface area contributed by atoms with Crippen LogP contribution in [0.15, 0.2) is 119 Å². The van der Waals surface area contributed by atoms with Crippen molar-refractivity contribution in [2.24, 2.45) is 4.99 Å². The number of carbonyl (C=O) groups excluding carboxylic acids is 1. The third kappa shape index (κ3) is 5.20. The van der Waals surface area contributed by atoms with Gasteiger partial charge in [0.05, 0.1) is 10.6 Å². The predicted octanol–water partition coefficient (Wildman–Crippen LogP) is 8.14. The second kappa shape index (κ2) is 10.8. The first-order chi connectivity index (χ1) is 18.1. The van der Waals surface area contributed by atoms with Crippen LogP contribution < -0.4 is 5.32 Å². The summed E-state index contributed by atoms with van der Waals surface area (Å²) in [6, 6.07) is 35.6. The minimum absolute atomic E-state index is 0.214. The van der Waals surface area contributed by atoms with Gasteiger partial charge >= 0.3 is 0 Å². The smallest absolute Gasteiger partial charge is 0.257 e. The summed E-state index contributed by atoms with van der Waals surface area (Å²) in [5.41, 5.74) is 4.46. The molecule has 5 aromatic rings. The van der Waals surface area contributed by atoms with Crippen LogP contribution in [-0.2, 0) is 0 Å². The highest BCUT2D eigenvalue weighted by Crippen LogP contribution is 2.42. The summed E-state index contributed by atoms with van der Waals surface area (Å²) in [6.45, 7) is 0. The Morgan fingerprint density at radius 3 is 2.24 bits per heavy atom. The first-order valence-corrected chi connectivity index (χ1v) is 11.9. The maximum atomic E-state index is 12.6. The van der Waals surface area contributed by atoms with Crippen LogP contribution in [0, 0.1) is 11.3 Å². The molecule has 0 fully saturated rings. The van der Waals surface area contributed by atoms with Gasteiger partial charge in [0.2, 0.25) is 5.88 Å². The second-order valence-electron chi connectivity index (χ2n) is 8.15. The average Bonchev–Trinajstić information content (AvgIpc) is 3.32. The summed E-state index contributed by atoms with van der Waals surface area (Å²) in [5.74, 6) is 0.486. The van der Waals surface area contributed by atoms with Crippen LogP contribution in [0.3, 0.4) is 0 Å². The minimum atomic E-state index is -0.308. The average molecular weight is 502 g/mol. The molecule has 1 aromatic heterocycles. The van der Waals surface area contributed by atoms with Gasteiger partial charge in [-0.15, -0.1) is 0 Å². The van der Waals surface area contributed by atoms with Gasteiger partial charge in [0.1, 0.15) is 17.4 Å². The van der Waals surface area contributed by atoms with Gasteiger partial charge in [-0.2, -0.15) is 5.26 Å². The minimum Gasteiger partial charge on any atom is -0.436 e. The number of furan rings is 1. The molecular weight excluding hydrogens is 482 g/mol. The molecular formula is C31H20ClN3O2. The summed E-state index contributed by atoms with van der Waals surface area (Å²) in [7, 11) is 0. The Labute approximate surface area is 219 Å². The number of nitriles is 1. The summed E-state index contributed by atoms with van der Waals surface area (Å²) in [5, 5.41) is 13.3. The van der Waals surface area contributed by atoms with E-state index in [2.05, 4.69) is 16.4 Å². The van der Waals surface area contributed by atoms with Crippen LogP contribution in [0.5, 0.6) is 0 Å². The lowest BCUT2D eigenvalue weighted by atomic mass is 9.98. The zero-order valence-corrected chi connectivity index (χ0v) is 20.3. The summed E-state index contributed by atoms with van der Waals surface area (Å²) in [6.07, 6.45) is 1.61. The Morgan fingerprint density at radius 1 is 0.865 bits per heavy atom. The molecule has 178 valence electrons. The van der Waals surface area contributed by atoms with Gasteiger partial charge < -0.3 is 9.73 Å². The number of rotatable bonds is 6. The lowest BCUT2D eigenvalue weighted by molar-refractivity contribution is 0.102. The lowest BCUT2D eigenvalue weighted by Gasteiger charge is -2.07. The molecule has 1 amide bonds. The zero-order valence-electron chi connectivity index (χ0n) is 19.6. The van der Waals surface area contributed by atoms with E-state index in [1.807, 2.05) is 72.8 Å². The van der Waals surface area contributed by atoms with E-state index in [1.165, 1.54) is 0 Å². The molecule has 1 heterocycles. The number of carbonyl (C=O) groups is 1. The van der Waals surface area contributed by atoms with Crippen molar-refractivity contribution >= 4 is 35.3 Å². The van der Waals surface area contributed by atoms with Crippen LogP contribution in [-0.4, -0.2) is 12.1 Å². The molecule has 5 nitrogen and oxygen atoms in total. The molecule has 37 heavy (non-hydrogen) atoms. The van der Waals surface area contributed by atoms with Crippen molar-refractivity contribution in [1.29, 1.82) is 5.26 Å². The third-order valence-corrected chi connectivity index (χ3v) is 6.02. The van der Waals surface area contributed by atoms with E-state index in [4.69, 9.17) is 16.0 Å². The fourth-order valence-corrected chi connectivity index (χ4v) is 4.18. The van der Waals surface area contributed by atoms with E-state index in [1.54, 1.807) is 42.6 Å². The van der Waals surface area contributed by atoms with Gasteiger partial charge in [-0.3, -0.25) is 4.79 Å². The van der Waals surface area contributed by atoms with Gasteiger partial charge in [-0.05, 0) is 35.4 Å². The summed E-state index contributed by atoms with van der Waals surface area (Å²) in [4.78, 5) is 17.2. The molecule has 0 atom stereocenters. The molecule has 1 N–H and O–H groups in total. The van der Waals surface area contributed by atoms with Gasteiger partial charge in [0.25, 0.3) is 5.91 Å². The third-order valence-electron chi connectivity index (χ3n) is 5.69. The first kappa shape index (κ1) is 23.8. The van der Waals surface area contributed by atoms with Crippen molar-refractivity contribution in [3.8, 4) is 28.5 Å². The van der Waals surface area contributed by atoms with Crippen LogP contribution in [0.2, 0.25) is 5.02 Å². The SMILES string of the molecule is N#Cc1c(N=Cc2cccc(NC(=O)c3ccccc3Cl)c2)oc(-c2ccccc2)c1-c1ccccc1. The van der Waals surface area contributed by atoms with Crippen LogP contribution in [0.4, 0.5) is 11.6 Å². The van der Waals surface area contributed by atoms with Crippen molar-refractivity contribution in [3.63, 3.8) is 0 Å². The Balaban J connectivity index is 1.48. The van der Waals surface area contributed by atoms with Crippen molar-refractivity contribution in [2.75, 3.05) is 5.32 Å². The molecule has 0 saturated heterocycles. The van der Waals surface area contributed by atoms with Gasteiger partial charge in [-0.25, -0.2) is 4.99 Å². The fraction of sp³-hybridized carbons (Fsp3) is 0. The molecule has 4 aromatic carbocycles. The largest absolute Gasteiger partial charge is 0.436 e. The number of halogens is 1. The van der Waals surface area contributed by atoms with E-state index in [-0.39, 0.29) is 11.8 Å². The van der Waals surface area contributed by atoms with Crippen LogP contribution >= 0.6 is 11.6 Å². The van der Waals surface area contributed by atoms with Crippen molar-refractivity contribution < 1.29 is 9.21 Å². The molecule has 0 spiro atoms. The topological polar surface area (TPSA) is 78.4 Å². The van der Waals surface area contributed by atoms with Gasteiger partial charge in [0, 0.05) is 23.0 Å². The number of nitrogens with zero attached hydrogens (tertiary/aromatic N) is 2. The standard InChI is InChI=1S/C31H20ClN3O2/c32-27-17-8-7-16-25(27)30(36)35-24-15-9-10-21(18-24)20-34-31-26(19-33)28(22-11-3-1-4-12-22)29(37-31)23-13-5-2-6-14-23/h1-18,20H,(H,35,36). The van der Waals surface area contributed by atoms with E-state index in [0.29, 0.717) is 33.2 Å². The van der Waals surface area contributed by atoms with Crippen LogP contribution in [0.1, 0.15) is 21.5 Å². The molecule has 5 rings (SSSR count). The number of nitrogens with one attached hydrogen (secondary N) is 1. The zero-order chi connectivity index (χ0) is 25.6. The highest BCUT2D eigenvalue weighted by atomic mass is 35.5. The Kier molecular flexibility index (Phi) is 6.93. The second-order valence-corrected chi connectivity index (χ2v) is 8.56. The van der Waals surface area contributed by atoms with E-state index >= 15 is 0 Å². The monoisotopic (exact) mass is 501 g/mol. The number of benzene rings is 4. The van der Waals surface area contributed by atoms with Crippen molar-refractivity contribution in [1.82, 2.24) is 0 Å². The number of anilines is 1. The molecule has 0 aliphatic carbocycles. The number of amides is 1. The molecule has 0 radical (unpaired) electrons. The number of hydrogen-bond donors (Lipinski definition) is 1. The molecule has 0 bridgehead atoms. The Hall–Kier alpha value is -4.92. The van der Waals surface area contributed by atoms with E-state index < -0.39 is 0 Å². The van der Waals surface area contributed by atoms with E-state index in [0.717, 1.165) is 16.7 Å². The molecule has 0 saturated carbocycles. The van der Waals surface area contributed by atoms with Crippen molar-refractivity contribution in [2.45, 2.75) is 0 Å². The number of hydrogen-bond acceptors (Lipinski definition) is 4. The van der Waals surface area contributed by atoms with E-state index in [9.17, 15) is 10.1 Å². The predicted molar refractivity (Wildman–Crippen MR) is 147 cm³/mol. The van der Waals surface area contributed by atoms with Gasteiger partial charge in [0.15, 0.2) is 0 Å². The maximum Gasteiger partial charge on any atom is 0.257 e. The normalized spacial score (nSPS) is 10.8. The van der Waals surface area contributed by atoms with Crippen molar-refractivity contribution in [3.05, 3.63) is 131 Å². The maximum absolute atomic E-state index is 12.6. The summed E-state index contributed by atoms with van der Waals surface area (Å²) >= 11 is 6.15. The Morgan fingerprint density at radius 2 is 1.54 bits per heavy atom. The first-order valence-electron chi connectivity index (χ1n) is 11.5. The highest BCUT2D eigenvalue weighted by Gasteiger charge is 2.22. The number of aliphatic imine (C=N–C) groups is 1. The quantitative estimate of drug-likeness (QED) is 0.238. The highest BCUT2D eigenvalue weighted by molar-refractivity contribution is 6.34. The Bertz CT molecular complexity index is 1630. The van der Waals surface area contributed by atoms with Crippen LogP contribution in [0.25, 0.3) is 22.5 Å². The molecule has 0 aliphatic rings. The molecule has 6 heteroatoms. The fourth-order valence-electron chi connectivity index (χ4n) is 3.96. The molecule has 0 unspecified atom stereocenters.